The summed E-state index contributed by atoms with van der Waals surface area (Å²) < 4.78 is 6.00. The van der Waals surface area contributed by atoms with Crippen LogP contribution in [0.5, 0.6) is 5.75 Å². The number of ether oxygens (including phenoxy) is 1. The molecule has 20 heavy (non-hydrogen) atoms. The van der Waals surface area contributed by atoms with Crippen LogP contribution < -0.4 is 15.4 Å². The van der Waals surface area contributed by atoms with Gasteiger partial charge in [0, 0.05) is 37.7 Å². The van der Waals surface area contributed by atoms with Gasteiger partial charge in [0.1, 0.15) is 11.4 Å². The fraction of sp³-hybridized carbons (Fsp3) is 0.625. The number of benzene rings is 1. The third-order valence-corrected chi connectivity index (χ3v) is 4.43. The van der Waals surface area contributed by atoms with E-state index in [1.165, 1.54) is 5.56 Å². The van der Waals surface area contributed by atoms with Crippen molar-refractivity contribution in [3.8, 4) is 5.75 Å². The lowest BCUT2D eigenvalue weighted by molar-refractivity contribution is 0.138. The first-order valence-corrected chi connectivity index (χ1v) is 7.46. The number of fused-ring (bicyclic) bond motifs is 1. The van der Waals surface area contributed by atoms with Gasteiger partial charge < -0.3 is 20.5 Å². The highest BCUT2D eigenvalue weighted by molar-refractivity contribution is 5.72. The van der Waals surface area contributed by atoms with Crippen molar-refractivity contribution < 1.29 is 9.84 Å². The Morgan fingerprint density at radius 2 is 2.05 bits per heavy atom. The third-order valence-electron chi connectivity index (χ3n) is 4.43. The lowest BCUT2D eigenvalue weighted by atomic mass is 9.96. The first-order valence-electron chi connectivity index (χ1n) is 7.46. The standard InChI is InChI=1S/C16H24N2O2/c1-16(2)9-12-7-13(17)14(8-15(12)20-16)18-5-3-11(10-19)4-6-18/h7-8,11,19H,3-6,9-10,17H2,1-2H3. The zero-order valence-corrected chi connectivity index (χ0v) is 12.4. The number of hydrogen-bond donors (Lipinski definition) is 2. The van der Waals surface area contributed by atoms with Crippen molar-refractivity contribution in [2.24, 2.45) is 5.92 Å². The zero-order chi connectivity index (χ0) is 14.3. The van der Waals surface area contributed by atoms with Gasteiger partial charge in [0.2, 0.25) is 0 Å². The Kier molecular flexibility index (Phi) is 3.28. The van der Waals surface area contributed by atoms with E-state index in [0.29, 0.717) is 12.5 Å². The summed E-state index contributed by atoms with van der Waals surface area (Å²) in [6, 6.07) is 4.16. The fourth-order valence-corrected chi connectivity index (χ4v) is 3.29. The first-order chi connectivity index (χ1) is 9.48. The van der Waals surface area contributed by atoms with Crippen LogP contribution in [0.4, 0.5) is 11.4 Å². The molecule has 3 N–H and O–H groups in total. The second-order valence-corrected chi connectivity index (χ2v) is 6.67. The van der Waals surface area contributed by atoms with Gasteiger partial charge >= 0.3 is 0 Å². The van der Waals surface area contributed by atoms with Gasteiger partial charge in [0.25, 0.3) is 0 Å². The molecule has 0 radical (unpaired) electrons. The highest BCUT2D eigenvalue weighted by Gasteiger charge is 2.31. The van der Waals surface area contributed by atoms with Gasteiger partial charge in [0.05, 0.1) is 11.4 Å². The van der Waals surface area contributed by atoms with Crippen molar-refractivity contribution in [1.82, 2.24) is 0 Å². The molecule has 0 aromatic heterocycles. The monoisotopic (exact) mass is 276 g/mol. The van der Waals surface area contributed by atoms with Crippen LogP contribution in [0.3, 0.4) is 0 Å². The number of rotatable bonds is 2. The van der Waals surface area contributed by atoms with Crippen LogP contribution in [0.25, 0.3) is 0 Å². The molecule has 110 valence electrons. The maximum atomic E-state index is 9.22. The number of anilines is 2. The highest BCUT2D eigenvalue weighted by atomic mass is 16.5. The van der Waals surface area contributed by atoms with E-state index in [9.17, 15) is 5.11 Å². The van der Waals surface area contributed by atoms with Crippen molar-refractivity contribution in [3.63, 3.8) is 0 Å². The topological polar surface area (TPSA) is 58.7 Å². The van der Waals surface area contributed by atoms with Crippen molar-refractivity contribution in [1.29, 1.82) is 0 Å². The zero-order valence-electron chi connectivity index (χ0n) is 12.4. The Labute approximate surface area is 120 Å². The molecule has 1 fully saturated rings. The number of hydrogen-bond acceptors (Lipinski definition) is 4. The van der Waals surface area contributed by atoms with E-state index >= 15 is 0 Å². The summed E-state index contributed by atoms with van der Waals surface area (Å²) >= 11 is 0. The summed E-state index contributed by atoms with van der Waals surface area (Å²) in [6.07, 6.45) is 2.97. The minimum atomic E-state index is -0.128. The van der Waals surface area contributed by atoms with Crippen molar-refractivity contribution in [2.75, 3.05) is 30.3 Å². The molecule has 0 amide bonds. The Hall–Kier alpha value is -1.42. The molecule has 4 nitrogen and oxygen atoms in total. The predicted molar refractivity (Wildman–Crippen MR) is 81.3 cm³/mol. The van der Waals surface area contributed by atoms with Crippen molar-refractivity contribution in [2.45, 2.75) is 38.7 Å². The van der Waals surface area contributed by atoms with Gasteiger partial charge in [-0.05, 0) is 38.7 Å². The molecule has 4 heteroatoms. The van der Waals surface area contributed by atoms with Crippen LogP contribution in [0, 0.1) is 5.92 Å². The molecule has 2 aliphatic rings. The van der Waals surface area contributed by atoms with Crippen LogP contribution in [0.1, 0.15) is 32.3 Å². The molecule has 3 rings (SSSR count). The number of nitrogens with zero attached hydrogens (tertiary/aromatic N) is 1. The lowest BCUT2D eigenvalue weighted by Crippen LogP contribution is -2.35. The maximum Gasteiger partial charge on any atom is 0.125 e. The van der Waals surface area contributed by atoms with E-state index in [1.54, 1.807) is 0 Å². The lowest BCUT2D eigenvalue weighted by Gasteiger charge is -2.33. The van der Waals surface area contributed by atoms with Gasteiger partial charge in [-0.2, -0.15) is 0 Å². The van der Waals surface area contributed by atoms with E-state index in [0.717, 1.165) is 49.5 Å². The summed E-state index contributed by atoms with van der Waals surface area (Å²) in [5, 5.41) is 9.22. The molecule has 1 saturated heterocycles. The van der Waals surface area contributed by atoms with E-state index in [2.05, 4.69) is 30.9 Å². The van der Waals surface area contributed by atoms with Gasteiger partial charge in [-0.15, -0.1) is 0 Å². The summed E-state index contributed by atoms with van der Waals surface area (Å²) in [5.74, 6) is 1.42. The number of nitrogens with two attached hydrogens (primary N) is 1. The summed E-state index contributed by atoms with van der Waals surface area (Å²) in [4.78, 5) is 2.32. The normalized spacial score (nSPS) is 21.6. The fourth-order valence-electron chi connectivity index (χ4n) is 3.29. The quantitative estimate of drug-likeness (QED) is 0.813. The minimum Gasteiger partial charge on any atom is -0.487 e. The average Bonchev–Trinajstić information content (AvgIpc) is 2.71. The summed E-state index contributed by atoms with van der Waals surface area (Å²) in [6.45, 7) is 6.42. The smallest absolute Gasteiger partial charge is 0.125 e. The van der Waals surface area contributed by atoms with Gasteiger partial charge in [0.15, 0.2) is 0 Å². The molecular weight excluding hydrogens is 252 g/mol. The second-order valence-electron chi connectivity index (χ2n) is 6.67. The number of aliphatic hydroxyl groups excluding tert-OH is 1. The molecule has 2 heterocycles. The average molecular weight is 276 g/mol. The molecule has 2 aliphatic heterocycles. The van der Waals surface area contributed by atoms with Gasteiger partial charge in [-0.25, -0.2) is 0 Å². The van der Waals surface area contributed by atoms with Gasteiger partial charge in [-0.3, -0.25) is 0 Å². The predicted octanol–water partition coefficient (Wildman–Crippen LogP) is 2.19. The summed E-state index contributed by atoms with van der Waals surface area (Å²) in [5.41, 5.74) is 9.24. The van der Waals surface area contributed by atoms with Crippen molar-refractivity contribution in [3.05, 3.63) is 17.7 Å². The van der Waals surface area contributed by atoms with E-state index in [4.69, 9.17) is 10.5 Å². The minimum absolute atomic E-state index is 0.128. The number of aliphatic hydroxyl groups is 1. The Balaban J connectivity index is 1.82. The SMILES string of the molecule is CC1(C)Cc2cc(N)c(N3CCC(CO)CC3)cc2O1. The Morgan fingerprint density at radius 1 is 1.35 bits per heavy atom. The Bertz CT molecular complexity index is 505. The molecule has 1 aromatic carbocycles. The number of piperidine rings is 1. The van der Waals surface area contributed by atoms with Crippen LogP contribution in [0.2, 0.25) is 0 Å². The summed E-state index contributed by atoms with van der Waals surface area (Å²) in [7, 11) is 0. The van der Waals surface area contributed by atoms with Crippen LogP contribution >= 0.6 is 0 Å². The number of nitrogen functional groups attached to an aromatic ring is 1. The molecule has 1 aromatic rings. The second kappa shape index (κ2) is 4.85. The third kappa shape index (κ3) is 2.44. The van der Waals surface area contributed by atoms with Crippen LogP contribution in [0.15, 0.2) is 12.1 Å². The molecule has 0 atom stereocenters. The molecule has 0 bridgehead atoms. The van der Waals surface area contributed by atoms with E-state index < -0.39 is 0 Å². The molecule has 0 saturated carbocycles. The van der Waals surface area contributed by atoms with E-state index in [-0.39, 0.29) is 5.60 Å². The Morgan fingerprint density at radius 3 is 2.70 bits per heavy atom. The van der Waals surface area contributed by atoms with Crippen LogP contribution in [-0.2, 0) is 6.42 Å². The van der Waals surface area contributed by atoms with Crippen molar-refractivity contribution >= 4 is 11.4 Å². The molecule has 0 unspecified atom stereocenters. The molecule has 0 spiro atoms. The first kappa shape index (κ1) is 13.6. The van der Waals surface area contributed by atoms with E-state index in [1.807, 2.05) is 0 Å². The molecule has 0 aliphatic carbocycles. The largest absolute Gasteiger partial charge is 0.487 e. The maximum absolute atomic E-state index is 9.22. The van der Waals surface area contributed by atoms with Gasteiger partial charge in [-0.1, -0.05) is 0 Å². The highest BCUT2D eigenvalue weighted by Crippen LogP contribution is 2.41. The van der Waals surface area contributed by atoms with Crippen LogP contribution in [-0.4, -0.2) is 30.4 Å². The molecular formula is C16H24N2O2.